The van der Waals surface area contributed by atoms with Gasteiger partial charge in [0, 0.05) is 28.7 Å². The van der Waals surface area contributed by atoms with Crippen LogP contribution in [-0.2, 0) is 14.8 Å². The first kappa shape index (κ1) is 26.8. The number of hydrogen-bond acceptors (Lipinski definition) is 6. The third-order valence-electron chi connectivity index (χ3n) is 5.95. The third kappa shape index (κ3) is 5.88. The minimum atomic E-state index is -3.81. The van der Waals surface area contributed by atoms with Crippen molar-refractivity contribution < 1.29 is 22.7 Å². The van der Waals surface area contributed by atoms with Gasteiger partial charge >= 0.3 is 0 Å². The van der Waals surface area contributed by atoms with Crippen LogP contribution >= 0.6 is 0 Å². The molecule has 9 nitrogen and oxygen atoms in total. The van der Waals surface area contributed by atoms with E-state index in [1.54, 1.807) is 18.3 Å². The van der Waals surface area contributed by atoms with Crippen molar-refractivity contribution >= 4 is 27.8 Å². The second kappa shape index (κ2) is 10.9. The summed E-state index contributed by atoms with van der Waals surface area (Å²) in [6, 6.07) is 13.0. The Balaban J connectivity index is 1.80. The van der Waals surface area contributed by atoms with Crippen LogP contribution in [0.4, 0.5) is 5.69 Å². The molecule has 1 N–H and O–H groups in total. The van der Waals surface area contributed by atoms with Crippen LogP contribution in [0, 0.1) is 27.7 Å². The number of rotatable bonds is 9. The fourth-order valence-corrected chi connectivity index (χ4v) is 4.74. The van der Waals surface area contributed by atoms with E-state index in [1.165, 1.54) is 31.4 Å². The van der Waals surface area contributed by atoms with Crippen LogP contribution in [0.5, 0.6) is 11.5 Å². The van der Waals surface area contributed by atoms with Crippen molar-refractivity contribution in [3.63, 3.8) is 0 Å². The minimum Gasteiger partial charge on any atom is -0.497 e. The van der Waals surface area contributed by atoms with Gasteiger partial charge in [0.15, 0.2) is 0 Å². The number of anilines is 1. The maximum absolute atomic E-state index is 12.7. The quantitative estimate of drug-likeness (QED) is 0.348. The molecule has 0 spiro atoms. The molecule has 0 fully saturated rings. The van der Waals surface area contributed by atoms with E-state index in [9.17, 15) is 13.2 Å². The summed E-state index contributed by atoms with van der Waals surface area (Å²) in [7, 11) is -0.924. The Bertz CT molecular complexity index is 1410. The first-order valence-electron chi connectivity index (χ1n) is 11.2. The lowest BCUT2D eigenvalue weighted by atomic mass is 10.1. The number of aromatic nitrogens is 1. The van der Waals surface area contributed by atoms with Gasteiger partial charge in [-0.2, -0.15) is 5.10 Å². The van der Waals surface area contributed by atoms with E-state index in [2.05, 4.69) is 47.1 Å². The van der Waals surface area contributed by atoms with Crippen molar-refractivity contribution in [2.75, 3.05) is 31.3 Å². The number of hydrogen-bond donors (Lipinski definition) is 1. The number of sulfonamides is 1. The minimum absolute atomic E-state index is 0.190. The van der Waals surface area contributed by atoms with E-state index in [0.29, 0.717) is 5.75 Å². The molecule has 0 unspecified atom stereocenters. The number of carbonyl (C=O) groups excluding carboxylic acids is 1. The topological polar surface area (TPSA) is 102 Å². The summed E-state index contributed by atoms with van der Waals surface area (Å²) < 4.78 is 38.6. The summed E-state index contributed by atoms with van der Waals surface area (Å²) in [6.07, 6.45) is 2.57. The highest BCUT2D eigenvalue weighted by Crippen LogP contribution is 2.33. The molecular formula is C26H32N4O5S. The van der Waals surface area contributed by atoms with Gasteiger partial charge < -0.3 is 14.0 Å². The van der Waals surface area contributed by atoms with Crippen molar-refractivity contribution in [3.8, 4) is 17.2 Å². The second-order valence-electron chi connectivity index (χ2n) is 8.53. The molecule has 0 aliphatic heterocycles. The highest BCUT2D eigenvalue weighted by Gasteiger charge is 2.24. The lowest BCUT2D eigenvalue weighted by Crippen LogP contribution is -2.39. The van der Waals surface area contributed by atoms with Gasteiger partial charge in [-0.1, -0.05) is 6.07 Å². The van der Waals surface area contributed by atoms with Gasteiger partial charge in [0.1, 0.15) is 18.0 Å². The number of carbonyl (C=O) groups is 1. The zero-order chi connectivity index (χ0) is 26.6. The molecule has 0 saturated heterocycles. The lowest BCUT2D eigenvalue weighted by molar-refractivity contribution is -0.119. The van der Waals surface area contributed by atoms with Crippen molar-refractivity contribution in [3.05, 3.63) is 70.5 Å². The first-order chi connectivity index (χ1) is 17.0. The molecule has 2 aromatic carbocycles. The molecule has 10 heteroatoms. The summed E-state index contributed by atoms with van der Waals surface area (Å²) in [5, 5.41) is 4.07. The molecule has 1 aromatic heterocycles. The van der Waals surface area contributed by atoms with Crippen LogP contribution in [0.15, 0.2) is 47.6 Å². The van der Waals surface area contributed by atoms with Crippen LogP contribution in [0.3, 0.4) is 0 Å². The fourth-order valence-electron chi connectivity index (χ4n) is 3.89. The number of nitrogens with zero attached hydrogens (tertiary/aromatic N) is 3. The van der Waals surface area contributed by atoms with Crippen LogP contribution in [0.2, 0.25) is 0 Å². The smallest absolute Gasteiger partial charge is 0.260 e. The number of nitrogens with one attached hydrogen (secondary N) is 1. The lowest BCUT2D eigenvalue weighted by Gasteiger charge is -2.23. The maximum Gasteiger partial charge on any atom is 0.260 e. The summed E-state index contributed by atoms with van der Waals surface area (Å²) >= 11 is 0. The summed E-state index contributed by atoms with van der Waals surface area (Å²) in [4.78, 5) is 12.7. The zero-order valence-electron chi connectivity index (χ0n) is 21.6. The Hall–Kier alpha value is -3.79. The zero-order valence-corrected chi connectivity index (χ0v) is 22.4. The van der Waals surface area contributed by atoms with Gasteiger partial charge in [-0.25, -0.2) is 13.8 Å². The molecule has 0 aliphatic rings. The molecule has 0 bridgehead atoms. The number of benzene rings is 2. The monoisotopic (exact) mass is 512 g/mol. The number of hydrazone groups is 1. The van der Waals surface area contributed by atoms with E-state index < -0.39 is 22.5 Å². The molecule has 0 atom stereocenters. The van der Waals surface area contributed by atoms with Gasteiger partial charge in [0.2, 0.25) is 10.0 Å². The predicted octanol–water partition coefficient (Wildman–Crippen LogP) is 3.64. The maximum atomic E-state index is 12.7. The average Bonchev–Trinajstić information content (AvgIpc) is 3.11. The molecular weight excluding hydrogens is 480 g/mol. The van der Waals surface area contributed by atoms with E-state index in [4.69, 9.17) is 9.47 Å². The van der Waals surface area contributed by atoms with Crippen molar-refractivity contribution in [1.29, 1.82) is 0 Å². The van der Waals surface area contributed by atoms with Crippen LogP contribution in [-0.4, -0.2) is 52.1 Å². The molecule has 0 saturated carbocycles. The second-order valence-corrected chi connectivity index (χ2v) is 10.4. The van der Waals surface area contributed by atoms with Crippen LogP contribution in [0.1, 0.15) is 28.1 Å². The molecule has 0 aliphatic carbocycles. The summed E-state index contributed by atoms with van der Waals surface area (Å²) in [5.41, 5.74) is 8.91. The fraction of sp³-hybridized carbons (Fsp3) is 0.308. The van der Waals surface area contributed by atoms with Gasteiger partial charge in [-0.3, -0.25) is 9.10 Å². The Kier molecular flexibility index (Phi) is 8.09. The van der Waals surface area contributed by atoms with E-state index in [0.717, 1.165) is 33.2 Å². The van der Waals surface area contributed by atoms with Crippen molar-refractivity contribution in [2.24, 2.45) is 5.10 Å². The molecule has 3 rings (SSSR count). The van der Waals surface area contributed by atoms with Crippen molar-refractivity contribution in [1.82, 2.24) is 9.99 Å². The van der Waals surface area contributed by atoms with Crippen LogP contribution in [0.25, 0.3) is 5.69 Å². The first-order valence-corrected chi connectivity index (χ1v) is 13.1. The third-order valence-corrected chi connectivity index (χ3v) is 7.08. The van der Waals surface area contributed by atoms with E-state index in [1.807, 2.05) is 19.9 Å². The largest absolute Gasteiger partial charge is 0.497 e. The Morgan fingerprint density at radius 1 is 1.03 bits per heavy atom. The Labute approximate surface area is 212 Å². The number of ether oxygens (including phenoxy) is 2. The number of amides is 1. The highest BCUT2D eigenvalue weighted by atomic mass is 32.2. The van der Waals surface area contributed by atoms with Crippen molar-refractivity contribution in [2.45, 2.75) is 27.7 Å². The molecule has 36 heavy (non-hydrogen) atoms. The van der Waals surface area contributed by atoms with Crippen LogP contribution < -0.4 is 19.2 Å². The van der Waals surface area contributed by atoms with Gasteiger partial charge in [-0.05, 0) is 69.2 Å². The summed E-state index contributed by atoms with van der Waals surface area (Å²) in [5.74, 6) is 0.109. The average molecular weight is 513 g/mol. The SMILES string of the molecule is COc1ccc(OC)c(N(CC(=O)N/N=C\c2cc(C)n(-c3ccc(C)c(C)c3)c2C)S(C)(=O)=O)c1. The molecule has 1 amide bonds. The van der Waals surface area contributed by atoms with Gasteiger partial charge in [0.05, 0.1) is 32.4 Å². The normalized spacial score (nSPS) is 11.5. The van der Waals surface area contributed by atoms with E-state index in [-0.39, 0.29) is 11.4 Å². The van der Waals surface area contributed by atoms with Gasteiger partial charge in [0.25, 0.3) is 5.91 Å². The Morgan fingerprint density at radius 2 is 1.75 bits per heavy atom. The van der Waals surface area contributed by atoms with E-state index >= 15 is 0 Å². The molecule has 1 heterocycles. The predicted molar refractivity (Wildman–Crippen MR) is 142 cm³/mol. The standard InChI is InChI=1S/C26H32N4O5S/c1-17-8-9-22(12-18(17)2)30-19(3)13-21(20(30)4)15-27-28-26(31)16-29(36(7,32)33)24-14-23(34-5)10-11-25(24)35-6/h8-15H,16H2,1-7H3,(H,28,31)/b27-15-. The number of aryl methyl sites for hydroxylation is 3. The number of methoxy groups -OCH3 is 2. The van der Waals surface area contributed by atoms with Gasteiger partial charge in [-0.15, -0.1) is 0 Å². The molecule has 3 aromatic rings. The summed E-state index contributed by atoms with van der Waals surface area (Å²) in [6.45, 7) is 7.65. The highest BCUT2D eigenvalue weighted by molar-refractivity contribution is 7.92. The Morgan fingerprint density at radius 3 is 2.36 bits per heavy atom. The molecule has 0 radical (unpaired) electrons. The molecule has 192 valence electrons.